The third-order valence-corrected chi connectivity index (χ3v) is 13.8. The normalized spacial score (nSPS) is 25.6. The molecular weight excluding hydrogens is 861 g/mol. The molecule has 360 valence electrons. The van der Waals surface area contributed by atoms with E-state index in [4.69, 9.17) is 14.6 Å². The summed E-state index contributed by atoms with van der Waals surface area (Å²) in [4.78, 5) is 63.4. The lowest BCUT2D eigenvalue weighted by molar-refractivity contribution is -0.141. The molecule has 4 saturated carbocycles. The van der Waals surface area contributed by atoms with Gasteiger partial charge in [0.15, 0.2) is 0 Å². The van der Waals surface area contributed by atoms with Crippen molar-refractivity contribution in [1.29, 1.82) is 0 Å². The number of methoxy groups -OCH3 is 1. The Morgan fingerprint density at radius 3 is 1.76 bits per heavy atom. The molecule has 4 aromatic carbocycles. The Kier molecular flexibility index (Phi) is 15.7. The number of anilines is 2. The average molecular weight is 929 g/mol. The standard InChI is InChI=1S/C27H32N2O4.C23H26N2O2.C5H8O3/c30-25(31)14-7-17-28(20-15-16-20)26-21-10-4-5-12-23(21)29(24-13-6-11-22(24)26)27(32)33-18-19-8-2-1-3-9-19;26-23(27-15-16-7-2-1-3-8-16)25-20-11-5-4-9-18(20)22(24-17-13-14-17)19-10-6-12-21(19)25;1-8-5(7)3-2-4-6/h1-5,8-10,12,20,22,24,26H,6-7,11,13-18H2,(H,30,31);1-5,7-9,11,17,19,21-22,24H,6,10,12-15H2;4H,2-3H2,1H3/i26D;22D;. The second-order valence-corrected chi connectivity index (χ2v) is 18.5. The maximum absolute atomic E-state index is 13.4. The molecule has 4 aromatic rings. The maximum Gasteiger partial charge on any atom is 0.414 e. The summed E-state index contributed by atoms with van der Waals surface area (Å²) in [5.74, 6) is -1.09. The van der Waals surface area contributed by atoms with Gasteiger partial charge >= 0.3 is 24.1 Å². The van der Waals surface area contributed by atoms with Crippen LogP contribution in [-0.2, 0) is 41.8 Å². The van der Waals surface area contributed by atoms with Crippen molar-refractivity contribution < 1.29 is 46.0 Å². The second-order valence-electron chi connectivity index (χ2n) is 18.5. The Hall–Kier alpha value is -6.05. The molecule has 13 heteroatoms. The number of rotatable bonds is 15. The highest BCUT2D eigenvalue weighted by Crippen LogP contribution is 2.53. The van der Waals surface area contributed by atoms with Crippen molar-refractivity contribution >= 4 is 41.8 Å². The van der Waals surface area contributed by atoms with Crippen molar-refractivity contribution in [3.8, 4) is 0 Å². The molecule has 6 atom stereocenters. The molecule has 0 aromatic heterocycles. The minimum atomic E-state index is -0.979. The smallest absolute Gasteiger partial charge is 0.414 e. The Balaban J connectivity index is 0.000000165. The maximum atomic E-state index is 13.4. The van der Waals surface area contributed by atoms with Gasteiger partial charge in [0.05, 0.1) is 27.6 Å². The van der Waals surface area contributed by atoms with Gasteiger partial charge in [-0.05, 0) is 111 Å². The molecule has 0 radical (unpaired) electrons. The third-order valence-electron chi connectivity index (χ3n) is 13.8. The SMILES string of the molecule is COC(=O)CCC=O.[2H]C1(N(CCCC(=O)O)C2CC2)c2ccccc2N(C(=O)OCc2ccccc2)C2CCCC21.[2H]C1(NC2CC2)c2ccccc2N(C(=O)OCc2ccccc2)C2CCCC21. The molecule has 0 spiro atoms. The van der Waals surface area contributed by atoms with Crippen LogP contribution in [0.1, 0.15) is 127 Å². The fraction of sp³-hybridized carbons (Fsp3) is 0.473. The van der Waals surface area contributed by atoms with Gasteiger partial charge < -0.3 is 29.4 Å². The van der Waals surface area contributed by atoms with Gasteiger partial charge in [-0.25, -0.2) is 9.59 Å². The van der Waals surface area contributed by atoms with Gasteiger partial charge in [0.25, 0.3) is 0 Å². The largest absolute Gasteiger partial charge is 0.481 e. The van der Waals surface area contributed by atoms with Crippen molar-refractivity contribution in [2.45, 2.75) is 139 Å². The molecule has 6 aliphatic rings. The zero-order chi connectivity index (χ0) is 49.3. The molecule has 2 aliphatic heterocycles. The Labute approximate surface area is 402 Å². The summed E-state index contributed by atoms with van der Waals surface area (Å²) in [6.45, 7) is 1.06. The third kappa shape index (κ3) is 12.0. The van der Waals surface area contributed by atoms with Crippen molar-refractivity contribution in [3.63, 3.8) is 0 Å². The number of carbonyl (C=O) groups excluding carboxylic acids is 4. The van der Waals surface area contributed by atoms with Crippen molar-refractivity contribution in [3.05, 3.63) is 131 Å². The van der Waals surface area contributed by atoms with E-state index in [0.29, 0.717) is 31.3 Å². The number of aldehydes is 1. The van der Waals surface area contributed by atoms with Crippen LogP contribution in [0.2, 0.25) is 0 Å². The molecule has 4 aliphatic carbocycles. The minimum Gasteiger partial charge on any atom is -0.481 e. The number of carboxylic acids is 1. The number of benzene rings is 4. The van der Waals surface area contributed by atoms with Gasteiger partial charge in [-0.2, -0.15) is 0 Å². The number of hydrogen-bond donors (Lipinski definition) is 2. The number of carbonyl (C=O) groups is 5. The summed E-state index contributed by atoms with van der Waals surface area (Å²) < 4.78 is 35.0. The molecule has 10 rings (SSSR count). The van der Waals surface area contributed by atoms with Crippen LogP contribution in [0, 0.1) is 11.8 Å². The summed E-state index contributed by atoms with van der Waals surface area (Å²) in [7, 11) is 1.30. The molecule has 0 saturated heterocycles. The summed E-state index contributed by atoms with van der Waals surface area (Å²) >= 11 is 0. The van der Waals surface area contributed by atoms with Crippen LogP contribution >= 0.6 is 0 Å². The Morgan fingerprint density at radius 2 is 1.22 bits per heavy atom. The number of aliphatic carboxylic acids is 1. The molecule has 4 fully saturated rings. The molecule has 2 heterocycles. The van der Waals surface area contributed by atoms with E-state index in [-0.39, 0.29) is 74.6 Å². The van der Waals surface area contributed by atoms with Crippen LogP contribution < -0.4 is 15.1 Å². The summed E-state index contributed by atoms with van der Waals surface area (Å²) in [6, 6.07) is 33.9. The predicted molar refractivity (Wildman–Crippen MR) is 259 cm³/mol. The van der Waals surface area contributed by atoms with Crippen molar-refractivity contribution in [2.75, 3.05) is 23.5 Å². The van der Waals surface area contributed by atoms with Crippen LogP contribution in [0.25, 0.3) is 0 Å². The molecule has 0 bridgehead atoms. The van der Waals surface area contributed by atoms with Crippen molar-refractivity contribution in [2.24, 2.45) is 11.8 Å². The fourth-order valence-corrected chi connectivity index (χ4v) is 10.3. The van der Waals surface area contributed by atoms with Crippen LogP contribution in [0.15, 0.2) is 109 Å². The lowest BCUT2D eigenvalue weighted by atomic mass is 9.81. The minimum absolute atomic E-state index is 0.0157. The molecule has 2 N–H and O–H groups in total. The summed E-state index contributed by atoms with van der Waals surface area (Å²) in [5, 5.41) is 12.8. The second kappa shape index (κ2) is 23.3. The number of fused-ring (bicyclic) bond motifs is 4. The predicted octanol–water partition coefficient (Wildman–Crippen LogP) is 10.3. The van der Waals surface area contributed by atoms with E-state index < -0.39 is 18.0 Å². The van der Waals surface area contributed by atoms with E-state index in [0.717, 1.165) is 97.8 Å². The van der Waals surface area contributed by atoms with E-state index in [9.17, 15) is 26.7 Å². The number of ether oxygens (including phenoxy) is 3. The van der Waals surface area contributed by atoms with E-state index in [2.05, 4.69) is 15.0 Å². The van der Waals surface area contributed by atoms with Gasteiger partial charge in [-0.3, -0.25) is 24.3 Å². The Bertz CT molecular complexity index is 2440. The first-order chi connectivity index (χ1) is 34.0. The Morgan fingerprint density at radius 1 is 0.691 bits per heavy atom. The highest BCUT2D eigenvalue weighted by molar-refractivity contribution is 5.91. The topological polar surface area (TPSA) is 155 Å². The number of hydrogen-bond acceptors (Lipinski definition) is 10. The number of amides is 2. The van der Waals surface area contributed by atoms with E-state index in [1.807, 2.05) is 114 Å². The van der Waals surface area contributed by atoms with Gasteiger partial charge in [0.1, 0.15) is 19.5 Å². The molecule has 68 heavy (non-hydrogen) atoms. The van der Waals surface area contributed by atoms with Gasteiger partial charge in [0, 0.05) is 49.0 Å². The summed E-state index contributed by atoms with van der Waals surface area (Å²) in [5.41, 5.74) is 5.24. The van der Waals surface area contributed by atoms with Gasteiger partial charge in [-0.1, -0.05) is 110 Å². The van der Waals surface area contributed by atoms with Gasteiger partial charge in [-0.15, -0.1) is 0 Å². The molecule has 13 nitrogen and oxygen atoms in total. The zero-order valence-electron chi connectivity index (χ0n) is 41.0. The lowest BCUT2D eigenvalue weighted by Gasteiger charge is -2.47. The number of esters is 1. The van der Waals surface area contributed by atoms with E-state index >= 15 is 0 Å². The number of para-hydroxylation sites is 2. The van der Waals surface area contributed by atoms with Crippen LogP contribution in [0.5, 0.6) is 0 Å². The molecule has 6 unspecified atom stereocenters. The number of nitrogens with zero attached hydrogens (tertiary/aromatic N) is 3. The molecule has 2 amide bonds. The van der Waals surface area contributed by atoms with E-state index in [1.165, 1.54) is 7.11 Å². The quantitative estimate of drug-likeness (QED) is 0.0665. The van der Waals surface area contributed by atoms with Crippen LogP contribution in [0.4, 0.5) is 21.0 Å². The monoisotopic (exact) mass is 928 g/mol. The number of carboxylic acid groups (broad SMARTS) is 1. The van der Waals surface area contributed by atoms with Crippen LogP contribution in [-0.4, -0.2) is 78.2 Å². The summed E-state index contributed by atoms with van der Waals surface area (Å²) in [6.07, 6.45) is 11.1. The lowest BCUT2D eigenvalue weighted by Crippen LogP contribution is -2.52. The first kappa shape index (κ1) is 45.7. The van der Waals surface area contributed by atoms with Crippen molar-refractivity contribution in [1.82, 2.24) is 10.2 Å². The average Bonchev–Trinajstić information content (AvgIpc) is 4.29. The highest BCUT2D eigenvalue weighted by Gasteiger charge is 2.51. The first-order valence-corrected chi connectivity index (χ1v) is 24.4. The van der Waals surface area contributed by atoms with Gasteiger partial charge in [0.2, 0.25) is 0 Å². The first-order valence-electron chi connectivity index (χ1n) is 25.4. The van der Waals surface area contributed by atoms with E-state index in [1.54, 1.807) is 4.90 Å². The van der Waals surface area contributed by atoms with Crippen LogP contribution in [0.3, 0.4) is 0 Å². The zero-order valence-corrected chi connectivity index (χ0v) is 39.0. The highest BCUT2D eigenvalue weighted by atomic mass is 16.6. The number of nitrogens with one attached hydrogen (secondary N) is 1. The fourth-order valence-electron chi connectivity index (χ4n) is 10.3. The molecular formula is C55H66N4O9.